The second-order valence-electron chi connectivity index (χ2n) is 4.18. The van der Waals surface area contributed by atoms with Crippen LogP contribution in [0.4, 0.5) is 5.95 Å². The molecule has 0 spiro atoms. The number of aromatic nitrogens is 4. The van der Waals surface area contributed by atoms with Crippen molar-refractivity contribution in [3.05, 3.63) is 20.8 Å². The van der Waals surface area contributed by atoms with Crippen molar-refractivity contribution in [2.75, 3.05) is 0 Å². The lowest BCUT2D eigenvalue weighted by atomic mass is 10.5. The molecule has 4 N–H and O–H groups in total. The van der Waals surface area contributed by atoms with Gasteiger partial charge < -0.3 is 11.5 Å². The van der Waals surface area contributed by atoms with Crippen LogP contribution in [0, 0.1) is 0 Å². The normalized spacial score (nSPS) is 10.8. The van der Waals surface area contributed by atoms with Gasteiger partial charge in [0.1, 0.15) is 0 Å². The predicted octanol–water partition coefficient (Wildman–Crippen LogP) is -2.00. The summed E-state index contributed by atoms with van der Waals surface area (Å²) in [4.78, 5) is 43.4. The summed E-state index contributed by atoms with van der Waals surface area (Å²) < 4.78 is 2.99. The van der Waals surface area contributed by atoms with Gasteiger partial charge in [-0.15, -0.1) is 0 Å². The number of carbonyl (C=O) groups is 1. The number of guanidine groups is 1. The number of aryl methyl sites for hydroxylation is 1. The molecule has 0 aromatic carbocycles. The van der Waals surface area contributed by atoms with E-state index in [0.29, 0.717) is 0 Å². The minimum Gasteiger partial charge on any atom is -0.370 e. The first-order valence-corrected chi connectivity index (χ1v) is 5.54. The van der Waals surface area contributed by atoms with Gasteiger partial charge in [-0.05, 0) is 0 Å². The van der Waals surface area contributed by atoms with Crippen LogP contribution < -0.4 is 22.7 Å². The van der Waals surface area contributed by atoms with E-state index in [1.165, 1.54) is 21.0 Å². The van der Waals surface area contributed by atoms with Crippen LogP contribution in [0.3, 0.4) is 0 Å². The molecule has 0 aliphatic heterocycles. The van der Waals surface area contributed by atoms with Crippen LogP contribution in [0.25, 0.3) is 11.2 Å². The zero-order valence-corrected chi connectivity index (χ0v) is 11.1. The summed E-state index contributed by atoms with van der Waals surface area (Å²) in [6.07, 6.45) is 0. The fourth-order valence-electron chi connectivity index (χ4n) is 1.87. The van der Waals surface area contributed by atoms with E-state index >= 15 is 0 Å². The highest BCUT2D eigenvalue weighted by molar-refractivity contribution is 5.91. The van der Waals surface area contributed by atoms with Crippen molar-refractivity contribution in [1.82, 2.24) is 18.7 Å². The number of nitrogens with two attached hydrogens (primary N) is 2. The van der Waals surface area contributed by atoms with Crippen molar-refractivity contribution in [1.29, 1.82) is 0 Å². The molecule has 0 atom stereocenters. The first-order chi connectivity index (χ1) is 9.25. The molecular formula is C10H13N7O3. The minimum atomic E-state index is -0.650. The number of hydrogen-bond donors (Lipinski definition) is 2. The molecule has 0 amide bonds. The van der Waals surface area contributed by atoms with E-state index in [1.54, 1.807) is 0 Å². The average Bonchev–Trinajstić information content (AvgIpc) is 2.72. The van der Waals surface area contributed by atoms with Gasteiger partial charge in [-0.1, -0.05) is 0 Å². The summed E-state index contributed by atoms with van der Waals surface area (Å²) in [6.45, 7) is 1.23. The fourth-order valence-corrected chi connectivity index (χ4v) is 1.87. The van der Waals surface area contributed by atoms with Gasteiger partial charge in [0.25, 0.3) is 5.56 Å². The molecule has 0 aliphatic rings. The standard InChI is InChI=1S/C10H13N7O3/c1-4(18)17-5-6(13-9(17)14-8(11)12)15(2)10(20)16(3)7(5)19/h1-3H3,(H4,11,12,13,14). The first kappa shape index (κ1) is 13.5. The third-order valence-electron chi connectivity index (χ3n) is 2.78. The molecule has 2 aromatic heterocycles. The molecule has 0 unspecified atom stereocenters. The van der Waals surface area contributed by atoms with E-state index in [-0.39, 0.29) is 23.1 Å². The summed E-state index contributed by atoms with van der Waals surface area (Å²) >= 11 is 0. The van der Waals surface area contributed by atoms with Gasteiger partial charge in [-0.25, -0.2) is 9.36 Å². The quantitative estimate of drug-likeness (QED) is 0.456. The number of fused-ring (bicyclic) bond motifs is 1. The Kier molecular flexibility index (Phi) is 2.93. The molecule has 2 heterocycles. The Morgan fingerprint density at radius 3 is 2.30 bits per heavy atom. The Hall–Kier alpha value is -2.91. The average molecular weight is 279 g/mol. The van der Waals surface area contributed by atoms with Crippen molar-refractivity contribution in [2.24, 2.45) is 30.6 Å². The molecule has 10 heteroatoms. The number of nitrogens with zero attached hydrogens (tertiary/aromatic N) is 5. The summed E-state index contributed by atoms with van der Waals surface area (Å²) in [5, 5.41) is 0. The molecule has 2 rings (SSSR count). The Labute approximate surface area is 111 Å². The van der Waals surface area contributed by atoms with E-state index in [4.69, 9.17) is 11.5 Å². The Bertz CT molecular complexity index is 864. The van der Waals surface area contributed by atoms with Gasteiger partial charge in [-0.2, -0.15) is 9.98 Å². The summed E-state index contributed by atoms with van der Waals surface area (Å²) in [6, 6.07) is 0. The van der Waals surface area contributed by atoms with Gasteiger partial charge in [0.2, 0.25) is 11.9 Å². The van der Waals surface area contributed by atoms with Crippen LogP contribution in [0.1, 0.15) is 11.7 Å². The number of rotatable bonds is 1. The minimum absolute atomic E-state index is 0.0355. The highest BCUT2D eigenvalue weighted by Crippen LogP contribution is 2.17. The van der Waals surface area contributed by atoms with Gasteiger partial charge in [0.15, 0.2) is 17.1 Å². The van der Waals surface area contributed by atoms with Crippen molar-refractivity contribution >= 4 is 29.0 Å². The van der Waals surface area contributed by atoms with E-state index in [9.17, 15) is 14.4 Å². The number of hydrogen-bond acceptors (Lipinski definition) is 5. The lowest BCUT2D eigenvalue weighted by Crippen LogP contribution is -2.37. The maximum atomic E-state index is 12.2. The lowest BCUT2D eigenvalue weighted by molar-refractivity contribution is 0.0943. The number of carbonyl (C=O) groups excluding carboxylic acids is 1. The zero-order chi connectivity index (χ0) is 15.2. The van der Waals surface area contributed by atoms with Crippen molar-refractivity contribution in [3.8, 4) is 0 Å². The monoisotopic (exact) mass is 279 g/mol. The molecule has 0 aliphatic carbocycles. The Morgan fingerprint density at radius 2 is 1.80 bits per heavy atom. The maximum Gasteiger partial charge on any atom is 0.332 e. The van der Waals surface area contributed by atoms with Gasteiger partial charge in [0, 0.05) is 21.0 Å². The van der Waals surface area contributed by atoms with Crippen molar-refractivity contribution in [2.45, 2.75) is 6.92 Å². The molecule has 2 aromatic rings. The van der Waals surface area contributed by atoms with Gasteiger partial charge in [0.05, 0.1) is 0 Å². The molecule has 0 saturated heterocycles. The maximum absolute atomic E-state index is 12.2. The third kappa shape index (κ3) is 1.77. The van der Waals surface area contributed by atoms with Crippen LogP contribution >= 0.6 is 0 Å². The van der Waals surface area contributed by atoms with Crippen LogP contribution in [0.2, 0.25) is 0 Å². The lowest BCUT2D eigenvalue weighted by Gasteiger charge is -2.04. The molecular weight excluding hydrogens is 266 g/mol. The zero-order valence-electron chi connectivity index (χ0n) is 11.1. The van der Waals surface area contributed by atoms with Crippen LogP contribution in [-0.4, -0.2) is 30.6 Å². The molecule has 20 heavy (non-hydrogen) atoms. The summed E-state index contributed by atoms with van der Waals surface area (Å²) in [5.41, 5.74) is 9.29. The number of aliphatic imine (C=N–C) groups is 1. The predicted molar refractivity (Wildman–Crippen MR) is 72.0 cm³/mol. The second kappa shape index (κ2) is 4.33. The van der Waals surface area contributed by atoms with E-state index in [2.05, 4.69) is 9.98 Å². The van der Waals surface area contributed by atoms with Gasteiger partial charge in [-0.3, -0.25) is 18.7 Å². The molecule has 0 radical (unpaired) electrons. The fraction of sp³-hybridized carbons (Fsp3) is 0.300. The van der Waals surface area contributed by atoms with E-state index < -0.39 is 17.2 Å². The van der Waals surface area contributed by atoms with Crippen LogP contribution in [0.5, 0.6) is 0 Å². The molecule has 0 bridgehead atoms. The summed E-state index contributed by atoms with van der Waals surface area (Å²) in [7, 11) is 2.74. The van der Waals surface area contributed by atoms with Gasteiger partial charge >= 0.3 is 5.69 Å². The highest BCUT2D eigenvalue weighted by Gasteiger charge is 2.21. The molecule has 106 valence electrons. The number of imidazole rings is 1. The Morgan fingerprint density at radius 1 is 1.20 bits per heavy atom. The SMILES string of the molecule is CC(=O)n1c(N=C(N)N)nc2c1c(=O)n(C)c(=O)n2C. The first-order valence-electron chi connectivity index (χ1n) is 5.54. The van der Waals surface area contributed by atoms with E-state index in [1.807, 2.05) is 0 Å². The van der Waals surface area contributed by atoms with Crippen molar-refractivity contribution in [3.63, 3.8) is 0 Å². The van der Waals surface area contributed by atoms with Crippen LogP contribution in [0.15, 0.2) is 14.6 Å². The van der Waals surface area contributed by atoms with Crippen molar-refractivity contribution < 1.29 is 4.79 Å². The summed E-state index contributed by atoms with van der Waals surface area (Å²) in [5.74, 6) is -0.960. The second-order valence-corrected chi connectivity index (χ2v) is 4.18. The molecule has 10 nitrogen and oxygen atoms in total. The van der Waals surface area contributed by atoms with E-state index in [0.717, 1.165) is 13.7 Å². The molecule has 0 saturated carbocycles. The smallest absolute Gasteiger partial charge is 0.332 e. The largest absolute Gasteiger partial charge is 0.370 e. The highest BCUT2D eigenvalue weighted by atomic mass is 16.2. The Balaban J connectivity index is 3.12. The molecule has 0 fully saturated rings. The third-order valence-corrected chi connectivity index (χ3v) is 2.78. The topological polar surface area (TPSA) is 143 Å². The van der Waals surface area contributed by atoms with Crippen LogP contribution in [-0.2, 0) is 14.1 Å².